The van der Waals surface area contributed by atoms with E-state index < -0.39 is 40.3 Å². The number of aromatic hydroxyl groups is 1. The molecule has 0 spiro atoms. The maximum Gasteiger partial charge on any atom is 0.417 e. The van der Waals surface area contributed by atoms with Gasteiger partial charge in [0, 0.05) is 17.1 Å². The molecule has 0 radical (unpaired) electrons. The van der Waals surface area contributed by atoms with Gasteiger partial charge in [0.1, 0.15) is 17.1 Å². The molecule has 0 amide bonds. The van der Waals surface area contributed by atoms with E-state index in [4.69, 9.17) is 36.3 Å². The van der Waals surface area contributed by atoms with Crippen molar-refractivity contribution >= 4 is 63.2 Å². The first-order valence-corrected chi connectivity index (χ1v) is 12.8. The van der Waals surface area contributed by atoms with Crippen LogP contribution in [0.25, 0.3) is 4.85 Å². The van der Waals surface area contributed by atoms with Crippen LogP contribution < -0.4 is 15.1 Å². The predicted molar refractivity (Wildman–Crippen MR) is 157 cm³/mol. The van der Waals surface area contributed by atoms with Crippen LogP contribution in [0, 0.1) is 17.9 Å². The number of nitrogens with one attached hydrogen (secondary N) is 1. The number of hydrogen-bond donors (Lipinski definition) is 2. The number of phenols is 1. The van der Waals surface area contributed by atoms with Crippen molar-refractivity contribution in [2.24, 2.45) is 4.99 Å². The number of nitriles is 1. The lowest BCUT2D eigenvalue weighted by Crippen LogP contribution is -2.45. The van der Waals surface area contributed by atoms with Crippen LogP contribution in [0.1, 0.15) is 30.5 Å². The molecule has 15 heteroatoms. The number of anilines is 3. The largest absolute Gasteiger partial charge is 0.508 e. The summed E-state index contributed by atoms with van der Waals surface area (Å²) in [6.45, 7) is 10.4. The molecular formula is C28H18F6N6OS2. The number of phenolic OH excluding ortho intramolecular Hbond substituents is 1. The Kier molecular flexibility index (Phi) is 8.10. The molecule has 0 aliphatic carbocycles. The van der Waals surface area contributed by atoms with Crippen LogP contribution in [0.4, 0.5) is 49.1 Å². The molecule has 7 nitrogen and oxygen atoms in total. The van der Waals surface area contributed by atoms with Gasteiger partial charge in [-0.25, -0.2) is 9.84 Å². The smallest absolute Gasteiger partial charge is 0.417 e. The number of alkyl halides is 6. The van der Waals surface area contributed by atoms with E-state index in [0.29, 0.717) is 11.8 Å². The summed E-state index contributed by atoms with van der Waals surface area (Å²) in [5.41, 5.74) is -4.64. The summed E-state index contributed by atoms with van der Waals surface area (Å²) in [5.74, 6) is -0.0376. The van der Waals surface area contributed by atoms with Gasteiger partial charge in [-0.15, -0.1) is 0 Å². The van der Waals surface area contributed by atoms with Gasteiger partial charge in [0.2, 0.25) is 0 Å². The Morgan fingerprint density at radius 2 is 1.58 bits per heavy atom. The van der Waals surface area contributed by atoms with E-state index in [0.717, 1.165) is 18.2 Å². The third-order valence-corrected chi connectivity index (χ3v) is 6.94. The minimum absolute atomic E-state index is 0.0106. The molecule has 43 heavy (non-hydrogen) atoms. The van der Waals surface area contributed by atoms with Gasteiger partial charge in [0.15, 0.2) is 15.9 Å². The highest BCUT2D eigenvalue weighted by molar-refractivity contribution is 7.81. The number of nitrogens with zero attached hydrogens (tertiary/aromatic N) is 5. The number of hydrogen-bond acceptors (Lipinski definition) is 4. The van der Waals surface area contributed by atoms with Crippen molar-refractivity contribution in [1.29, 1.82) is 5.26 Å². The average Bonchev–Trinajstić information content (AvgIpc) is 3.11. The molecule has 1 saturated heterocycles. The van der Waals surface area contributed by atoms with Crippen LogP contribution in [0.2, 0.25) is 0 Å². The molecule has 3 aromatic carbocycles. The van der Waals surface area contributed by atoms with Crippen molar-refractivity contribution in [3.8, 4) is 11.8 Å². The second-order valence-electron chi connectivity index (χ2n) is 9.58. The third kappa shape index (κ3) is 6.09. The fraction of sp³-hybridized carbons (Fsp3) is 0.179. The van der Waals surface area contributed by atoms with Gasteiger partial charge in [0.25, 0.3) is 0 Å². The van der Waals surface area contributed by atoms with Crippen LogP contribution in [-0.2, 0) is 12.4 Å². The van der Waals surface area contributed by atoms with Crippen molar-refractivity contribution in [3.05, 3.63) is 88.8 Å². The topological polar surface area (TPSA) is 79.2 Å². The first kappa shape index (κ1) is 31.2. The van der Waals surface area contributed by atoms with Crippen molar-refractivity contribution in [2.75, 3.05) is 15.1 Å². The molecular weight excluding hydrogens is 614 g/mol. The Hall–Kier alpha value is -4.73. The average molecular weight is 633 g/mol. The molecule has 220 valence electrons. The highest BCUT2D eigenvalue weighted by atomic mass is 32.1. The zero-order valence-corrected chi connectivity index (χ0v) is 23.7. The molecule has 0 atom stereocenters. The van der Waals surface area contributed by atoms with E-state index in [1.165, 1.54) is 47.4 Å². The van der Waals surface area contributed by atoms with Crippen molar-refractivity contribution in [3.63, 3.8) is 0 Å². The van der Waals surface area contributed by atoms with E-state index in [1.807, 2.05) is 0 Å². The SMILES string of the molecule is [C-]#[N+]c1ccc(N2C(=S)N(c3ccc(O)cc3)C(C)(C)C2=NC(=S)Nc2ccc(C#N)c(C(F)(F)F)c2)cc1C(F)(F)F. The number of thiocarbonyl (C=S) groups is 2. The maximum absolute atomic E-state index is 13.9. The summed E-state index contributed by atoms with van der Waals surface area (Å²) in [6, 6.07) is 13.2. The Morgan fingerprint density at radius 1 is 0.977 bits per heavy atom. The molecule has 2 N–H and O–H groups in total. The minimum Gasteiger partial charge on any atom is -0.508 e. The summed E-state index contributed by atoms with van der Waals surface area (Å²) < 4.78 is 82.0. The summed E-state index contributed by atoms with van der Waals surface area (Å²) >= 11 is 11.0. The van der Waals surface area contributed by atoms with Gasteiger partial charge >= 0.3 is 12.4 Å². The molecule has 3 aromatic rings. The van der Waals surface area contributed by atoms with Crippen molar-refractivity contribution in [1.82, 2.24) is 0 Å². The lowest BCUT2D eigenvalue weighted by atomic mass is 10.0. The van der Waals surface area contributed by atoms with E-state index in [9.17, 15) is 31.4 Å². The number of aliphatic imine (C=N–C) groups is 1. The Morgan fingerprint density at radius 3 is 2.14 bits per heavy atom. The Bertz CT molecular complexity index is 1740. The van der Waals surface area contributed by atoms with E-state index in [2.05, 4.69) is 15.2 Å². The van der Waals surface area contributed by atoms with Crippen LogP contribution in [0.15, 0.2) is 65.7 Å². The maximum atomic E-state index is 13.9. The normalized spacial score (nSPS) is 15.8. The monoisotopic (exact) mass is 632 g/mol. The molecule has 1 aliphatic heterocycles. The van der Waals surface area contributed by atoms with Crippen molar-refractivity contribution in [2.45, 2.75) is 31.7 Å². The lowest BCUT2D eigenvalue weighted by molar-refractivity contribution is -0.138. The zero-order chi connectivity index (χ0) is 31.9. The van der Waals surface area contributed by atoms with Crippen molar-refractivity contribution < 1.29 is 31.4 Å². The van der Waals surface area contributed by atoms with E-state index >= 15 is 0 Å². The third-order valence-electron chi connectivity index (χ3n) is 6.38. The van der Waals surface area contributed by atoms with Gasteiger partial charge in [-0.2, -0.15) is 31.6 Å². The Labute approximate surface area is 252 Å². The standard InChI is InChI=1S/C28H18F6N6OS2/c1-26(2)23(38-24(42)37-16-5-4-15(14-35)20(12-16)27(29,30)31)39(25(43)40(26)17-6-9-19(41)10-7-17)18-8-11-22(36-3)21(13-18)28(32,33)34/h4-13,41H,1-2H3,(H,37,42). The quantitative estimate of drug-likeness (QED) is 0.172. The number of halogens is 6. The molecule has 4 rings (SSSR count). The van der Waals surface area contributed by atoms with Gasteiger partial charge in [-0.3, -0.25) is 4.90 Å². The van der Waals surface area contributed by atoms with Gasteiger partial charge in [-0.1, -0.05) is 6.07 Å². The number of amidine groups is 1. The first-order valence-electron chi connectivity index (χ1n) is 12.0. The molecule has 1 fully saturated rings. The highest BCUT2D eigenvalue weighted by Crippen LogP contribution is 2.42. The molecule has 0 unspecified atom stereocenters. The number of benzene rings is 3. The van der Waals surface area contributed by atoms with Crippen LogP contribution in [-0.4, -0.2) is 26.7 Å². The summed E-state index contributed by atoms with van der Waals surface area (Å²) in [4.78, 5) is 10.1. The number of rotatable bonds is 3. The second kappa shape index (κ2) is 11.2. The van der Waals surface area contributed by atoms with Crippen LogP contribution in [0.5, 0.6) is 5.75 Å². The fourth-order valence-corrected chi connectivity index (χ4v) is 5.18. The minimum atomic E-state index is -4.87. The predicted octanol–water partition coefficient (Wildman–Crippen LogP) is 8.04. The van der Waals surface area contributed by atoms with E-state index in [-0.39, 0.29) is 33.2 Å². The van der Waals surface area contributed by atoms with Crippen LogP contribution in [0.3, 0.4) is 0 Å². The molecule has 1 aliphatic rings. The molecule has 0 saturated carbocycles. The summed E-state index contributed by atoms with van der Waals surface area (Å²) in [7, 11) is 0. The molecule has 0 bridgehead atoms. The Balaban J connectivity index is 1.85. The van der Waals surface area contributed by atoms with E-state index in [1.54, 1.807) is 18.7 Å². The zero-order valence-electron chi connectivity index (χ0n) is 22.0. The molecule has 1 heterocycles. The van der Waals surface area contributed by atoms with Gasteiger partial charge in [0.05, 0.1) is 29.3 Å². The van der Waals surface area contributed by atoms with Gasteiger partial charge < -0.3 is 15.3 Å². The highest BCUT2D eigenvalue weighted by Gasteiger charge is 2.49. The van der Waals surface area contributed by atoms with Crippen LogP contribution >= 0.6 is 24.4 Å². The second-order valence-corrected chi connectivity index (χ2v) is 10.3. The molecule has 0 aromatic heterocycles. The lowest BCUT2D eigenvalue weighted by Gasteiger charge is -2.31. The van der Waals surface area contributed by atoms with Gasteiger partial charge in [-0.05, 0) is 92.9 Å². The fourth-order valence-electron chi connectivity index (χ4n) is 4.45. The first-order chi connectivity index (χ1) is 20.0. The summed E-state index contributed by atoms with van der Waals surface area (Å²) in [5, 5.41) is 21.0. The summed E-state index contributed by atoms with van der Waals surface area (Å²) in [6.07, 6.45) is -9.70.